The van der Waals surface area contributed by atoms with Gasteiger partial charge in [-0.3, -0.25) is 0 Å². The van der Waals surface area contributed by atoms with Crippen LogP contribution < -0.4 is 10.6 Å². The topological polar surface area (TPSA) is 70.1 Å². The first-order valence-electron chi connectivity index (χ1n) is 6.84. The first kappa shape index (κ1) is 12.9. The number of hydrogen-bond donors (Lipinski definition) is 3. The Morgan fingerprint density at radius 1 is 1.35 bits per heavy atom. The van der Waals surface area contributed by atoms with Crippen molar-refractivity contribution in [3.63, 3.8) is 0 Å². The molecule has 1 aromatic carbocycles. The summed E-state index contributed by atoms with van der Waals surface area (Å²) in [5, 5.41) is 15.9. The van der Waals surface area contributed by atoms with Crippen molar-refractivity contribution >= 4 is 11.5 Å². The van der Waals surface area contributed by atoms with E-state index in [1.807, 2.05) is 19.1 Å². The van der Waals surface area contributed by atoms with Gasteiger partial charge < -0.3 is 15.7 Å². The molecule has 1 aliphatic heterocycles. The van der Waals surface area contributed by atoms with Gasteiger partial charge in [-0.2, -0.15) is 0 Å². The van der Waals surface area contributed by atoms with Gasteiger partial charge in [-0.15, -0.1) is 0 Å². The first-order chi connectivity index (χ1) is 9.79. The van der Waals surface area contributed by atoms with Crippen molar-refractivity contribution < 1.29 is 5.11 Å². The molecule has 20 heavy (non-hydrogen) atoms. The molecule has 104 valence electrons. The standard InChI is InChI=1S/C15H18N4O/c1-10(8-20)19-15-12-6-7-16-13-5-3-2-4-11(13)14(12)17-9-18-15/h2-5,9-10,16,20H,6-8H2,1H3,(H,17,18,19). The zero-order chi connectivity index (χ0) is 13.9. The number of aliphatic hydroxyl groups excluding tert-OH is 1. The average Bonchev–Trinajstić information content (AvgIpc) is 2.67. The predicted molar refractivity (Wildman–Crippen MR) is 79.8 cm³/mol. The largest absolute Gasteiger partial charge is 0.394 e. The van der Waals surface area contributed by atoms with Gasteiger partial charge in [0.2, 0.25) is 0 Å². The molecular formula is C15H18N4O. The summed E-state index contributed by atoms with van der Waals surface area (Å²) >= 11 is 0. The van der Waals surface area contributed by atoms with E-state index in [0.29, 0.717) is 0 Å². The molecule has 0 bridgehead atoms. The Labute approximate surface area is 118 Å². The maximum atomic E-state index is 9.20. The molecule has 0 radical (unpaired) electrons. The van der Waals surface area contributed by atoms with Crippen molar-refractivity contribution in [3.8, 4) is 11.3 Å². The Morgan fingerprint density at radius 3 is 3.05 bits per heavy atom. The lowest BCUT2D eigenvalue weighted by molar-refractivity contribution is 0.281. The Bertz CT molecular complexity index is 615. The Hall–Kier alpha value is -2.14. The quantitative estimate of drug-likeness (QED) is 0.794. The lowest BCUT2D eigenvalue weighted by Gasteiger charge is -2.16. The minimum Gasteiger partial charge on any atom is -0.394 e. The second kappa shape index (κ2) is 5.46. The van der Waals surface area contributed by atoms with Crippen LogP contribution in [-0.4, -0.2) is 34.3 Å². The third kappa shape index (κ3) is 2.32. The fraction of sp³-hybridized carbons (Fsp3) is 0.333. The van der Waals surface area contributed by atoms with Crippen molar-refractivity contribution in [1.82, 2.24) is 9.97 Å². The maximum Gasteiger partial charge on any atom is 0.133 e. The number of benzene rings is 1. The van der Waals surface area contributed by atoms with Gasteiger partial charge in [-0.05, 0) is 19.4 Å². The average molecular weight is 270 g/mol. The molecule has 5 heteroatoms. The summed E-state index contributed by atoms with van der Waals surface area (Å²) in [7, 11) is 0. The fourth-order valence-corrected chi connectivity index (χ4v) is 2.45. The number of aliphatic hydroxyl groups is 1. The van der Waals surface area contributed by atoms with Crippen molar-refractivity contribution in [2.24, 2.45) is 0 Å². The smallest absolute Gasteiger partial charge is 0.133 e. The number of anilines is 2. The summed E-state index contributed by atoms with van der Waals surface area (Å²) in [5.41, 5.74) is 4.27. The minimum atomic E-state index is -0.0274. The van der Waals surface area contributed by atoms with Gasteiger partial charge >= 0.3 is 0 Å². The minimum absolute atomic E-state index is 0.0274. The number of para-hydroxylation sites is 1. The molecule has 1 atom stereocenters. The molecule has 1 aromatic heterocycles. The molecule has 1 unspecified atom stereocenters. The molecule has 0 aliphatic carbocycles. The molecule has 3 N–H and O–H groups in total. The molecule has 1 aliphatic rings. The lowest BCUT2D eigenvalue weighted by atomic mass is 10.0. The van der Waals surface area contributed by atoms with Crippen LogP contribution in [-0.2, 0) is 6.42 Å². The molecular weight excluding hydrogens is 252 g/mol. The highest BCUT2D eigenvalue weighted by molar-refractivity contribution is 5.80. The van der Waals surface area contributed by atoms with E-state index in [0.717, 1.165) is 41.3 Å². The van der Waals surface area contributed by atoms with E-state index in [1.54, 1.807) is 6.33 Å². The van der Waals surface area contributed by atoms with Gasteiger partial charge in [0.25, 0.3) is 0 Å². The second-order valence-corrected chi connectivity index (χ2v) is 5.00. The Kier molecular flexibility index (Phi) is 3.52. The monoisotopic (exact) mass is 270 g/mol. The van der Waals surface area contributed by atoms with Crippen molar-refractivity contribution in [2.75, 3.05) is 23.8 Å². The van der Waals surface area contributed by atoms with Crippen LogP contribution in [0.4, 0.5) is 11.5 Å². The molecule has 0 fully saturated rings. The predicted octanol–water partition coefficient (Wildman–Crippen LogP) is 1.90. The highest BCUT2D eigenvalue weighted by Gasteiger charge is 2.19. The molecule has 3 rings (SSSR count). The fourth-order valence-electron chi connectivity index (χ4n) is 2.45. The van der Waals surface area contributed by atoms with Crippen molar-refractivity contribution in [1.29, 1.82) is 0 Å². The number of rotatable bonds is 3. The maximum absolute atomic E-state index is 9.20. The molecule has 5 nitrogen and oxygen atoms in total. The van der Waals surface area contributed by atoms with E-state index in [9.17, 15) is 5.11 Å². The normalized spacial score (nSPS) is 14.5. The highest BCUT2D eigenvalue weighted by Crippen LogP contribution is 2.34. The van der Waals surface area contributed by atoms with Crippen molar-refractivity contribution in [2.45, 2.75) is 19.4 Å². The molecule has 0 amide bonds. The van der Waals surface area contributed by atoms with Crippen LogP contribution >= 0.6 is 0 Å². The van der Waals surface area contributed by atoms with Crippen LogP contribution in [0, 0.1) is 0 Å². The van der Waals surface area contributed by atoms with E-state index in [4.69, 9.17) is 0 Å². The number of nitrogens with one attached hydrogen (secondary N) is 2. The van der Waals surface area contributed by atoms with Gasteiger partial charge in [0, 0.05) is 29.4 Å². The number of aromatic nitrogens is 2. The van der Waals surface area contributed by atoms with E-state index in [2.05, 4.69) is 32.7 Å². The van der Waals surface area contributed by atoms with Gasteiger partial charge in [-0.25, -0.2) is 9.97 Å². The van der Waals surface area contributed by atoms with Crippen LogP contribution in [0.2, 0.25) is 0 Å². The van der Waals surface area contributed by atoms with E-state index in [1.165, 1.54) is 0 Å². The molecule has 2 aromatic rings. The van der Waals surface area contributed by atoms with Gasteiger partial charge in [0.1, 0.15) is 12.1 Å². The van der Waals surface area contributed by atoms with Crippen LogP contribution in [0.1, 0.15) is 12.5 Å². The third-order valence-electron chi connectivity index (χ3n) is 3.47. The third-order valence-corrected chi connectivity index (χ3v) is 3.47. The number of hydrogen-bond acceptors (Lipinski definition) is 5. The SMILES string of the molecule is CC(CO)Nc1ncnc2c1CCNc1ccccc1-2. The Balaban J connectivity index is 2.08. The molecule has 2 heterocycles. The van der Waals surface area contributed by atoms with Crippen LogP contribution in [0.3, 0.4) is 0 Å². The second-order valence-electron chi connectivity index (χ2n) is 5.00. The Morgan fingerprint density at radius 2 is 2.20 bits per heavy atom. The van der Waals surface area contributed by atoms with Crippen LogP contribution in [0.25, 0.3) is 11.3 Å². The molecule has 0 saturated carbocycles. The van der Waals surface area contributed by atoms with Gasteiger partial charge in [0.15, 0.2) is 0 Å². The zero-order valence-electron chi connectivity index (χ0n) is 11.4. The van der Waals surface area contributed by atoms with E-state index in [-0.39, 0.29) is 12.6 Å². The number of nitrogens with zero attached hydrogens (tertiary/aromatic N) is 2. The van der Waals surface area contributed by atoms with Gasteiger partial charge in [-0.1, -0.05) is 18.2 Å². The molecule has 0 spiro atoms. The van der Waals surface area contributed by atoms with E-state index < -0.39 is 0 Å². The van der Waals surface area contributed by atoms with Crippen molar-refractivity contribution in [3.05, 3.63) is 36.2 Å². The summed E-state index contributed by atoms with van der Waals surface area (Å²) in [6.45, 7) is 2.85. The number of fused-ring (bicyclic) bond motifs is 3. The van der Waals surface area contributed by atoms with Gasteiger partial charge in [0.05, 0.1) is 12.3 Å². The lowest BCUT2D eigenvalue weighted by Crippen LogP contribution is -2.21. The summed E-state index contributed by atoms with van der Waals surface area (Å²) in [4.78, 5) is 8.79. The zero-order valence-corrected chi connectivity index (χ0v) is 11.4. The summed E-state index contributed by atoms with van der Waals surface area (Å²) in [6.07, 6.45) is 2.43. The highest BCUT2D eigenvalue weighted by atomic mass is 16.3. The molecule has 0 saturated heterocycles. The van der Waals surface area contributed by atoms with Crippen LogP contribution in [0.15, 0.2) is 30.6 Å². The van der Waals surface area contributed by atoms with E-state index >= 15 is 0 Å². The summed E-state index contributed by atoms with van der Waals surface area (Å²) in [6, 6.07) is 8.14. The summed E-state index contributed by atoms with van der Waals surface area (Å²) in [5.74, 6) is 0.815. The van der Waals surface area contributed by atoms with Crippen LogP contribution in [0.5, 0.6) is 0 Å². The summed E-state index contributed by atoms with van der Waals surface area (Å²) < 4.78 is 0. The first-order valence-corrected chi connectivity index (χ1v) is 6.84.